The van der Waals surface area contributed by atoms with E-state index in [9.17, 15) is 9.59 Å². The zero-order valence-corrected chi connectivity index (χ0v) is 15.8. The highest BCUT2D eigenvalue weighted by atomic mass is 32.1. The molecule has 27 heavy (non-hydrogen) atoms. The Bertz CT molecular complexity index is 1140. The number of benzene rings is 2. The number of hydrogen-bond donors (Lipinski definition) is 3. The van der Waals surface area contributed by atoms with Crippen LogP contribution in [0.25, 0.3) is 21.3 Å². The third-order valence-corrected chi connectivity index (χ3v) is 5.57. The maximum absolute atomic E-state index is 12.6. The van der Waals surface area contributed by atoms with Crippen LogP contribution in [-0.2, 0) is 11.3 Å². The number of H-pyrrole nitrogens is 2. The Hall–Kier alpha value is -2.97. The molecule has 0 spiro atoms. The number of hydrogen-bond acceptors (Lipinski definition) is 5. The van der Waals surface area contributed by atoms with Crippen LogP contribution < -0.4 is 11.0 Å². The summed E-state index contributed by atoms with van der Waals surface area (Å²) in [6.07, 6.45) is 0. The van der Waals surface area contributed by atoms with Crippen LogP contribution in [0.5, 0.6) is 0 Å². The van der Waals surface area contributed by atoms with Crippen LogP contribution >= 0.6 is 11.3 Å². The lowest BCUT2D eigenvalue weighted by molar-refractivity contribution is -0.120. The van der Waals surface area contributed by atoms with Gasteiger partial charge in [-0.3, -0.25) is 9.69 Å². The fraction of sp³-hybridized carbons (Fsp3) is 0.211. The molecule has 0 fully saturated rings. The number of carbonyl (C=O) groups excluding carboxylic acids is 1. The Morgan fingerprint density at radius 2 is 2.00 bits per heavy atom. The molecule has 0 saturated heterocycles. The minimum absolute atomic E-state index is 0.115. The number of thiazole rings is 1. The average Bonchev–Trinajstić information content (AvgIpc) is 3.21. The number of rotatable bonds is 5. The van der Waals surface area contributed by atoms with E-state index in [1.165, 1.54) is 0 Å². The van der Waals surface area contributed by atoms with E-state index >= 15 is 0 Å². The fourth-order valence-corrected chi connectivity index (χ4v) is 3.93. The van der Waals surface area contributed by atoms with Crippen molar-refractivity contribution in [2.75, 3.05) is 12.4 Å². The Morgan fingerprint density at radius 3 is 2.81 bits per heavy atom. The summed E-state index contributed by atoms with van der Waals surface area (Å²) in [5.74, 6) is -0.115. The lowest BCUT2D eigenvalue weighted by atomic mass is 10.2. The molecular formula is C19H19N5O2S. The Morgan fingerprint density at radius 1 is 1.22 bits per heavy atom. The van der Waals surface area contributed by atoms with E-state index in [0.29, 0.717) is 23.3 Å². The minimum atomic E-state index is -0.335. The number of likely N-dealkylation sites (N-methyl/N-ethyl adjacent to an activating group) is 1. The summed E-state index contributed by atoms with van der Waals surface area (Å²) < 4.78 is 1.15. The van der Waals surface area contributed by atoms with Crippen LogP contribution in [0.1, 0.15) is 11.9 Å². The third kappa shape index (κ3) is 3.62. The molecule has 3 N–H and O–H groups in total. The van der Waals surface area contributed by atoms with Crippen molar-refractivity contribution in [3.63, 3.8) is 0 Å². The van der Waals surface area contributed by atoms with E-state index in [2.05, 4.69) is 20.3 Å². The monoisotopic (exact) mass is 381 g/mol. The molecule has 4 aromatic rings. The largest absolute Gasteiger partial charge is 0.325 e. The molecule has 0 bridgehead atoms. The van der Waals surface area contributed by atoms with Gasteiger partial charge < -0.3 is 15.3 Å². The van der Waals surface area contributed by atoms with Gasteiger partial charge in [-0.25, -0.2) is 9.78 Å². The number of aromatic amines is 2. The van der Waals surface area contributed by atoms with E-state index in [1.807, 2.05) is 43.1 Å². The number of anilines is 1. The van der Waals surface area contributed by atoms with Gasteiger partial charge >= 0.3 is 5.69 Å². The first-order valence-corrected chi connectivity index (χ1v) is 9.39. The molecule has 2 aromatic carbocycles. The maximum Gasteiger partial charge on any atom is 0.323 e. The van der Waals surface area contributed by atoms with Crippen molar-refractivity contribution in [2.24, 2.45) is 0 Å². The maximum atomic E-state index is 12.6. The quantitative estimate of drug-likeness (QED) is 0.495. The van der Waals surface area contributed by atoms with Crippen molar-refractivity contribution in [3.05, 3.63) is 58.0 Å². The highest BCUT2D eigenvalue weighted by Crippen LogP contribution is 2.23. The molecule has 1 unspecified atom stereocenters. The second-order valence-electron chi connectivity index (χ2n) is 6.50. The first kappa shape index (κ1) is 17.4. The topological polar surface area (TPSA) is 93.9 Å². The number of carbonyl (C=O) groups is 1. The van der Waals surface area contributed by atoms with Gasteiger partial charge in [0.2, 0.25) is 5.91 Å². The van der Waals surface area contributed by atoms with E-state index in [0.717, 1.165) is 15.2 Å². The number of para-hydroxylation sites is 1. The van der Waals surface area contributed by atoms with Crippen molar-refractivity contribution in [3.8, 4) is 0 Å². The van der Waals surface area contributed by atoms with E-state index in [1.54, 1.807) is 29.5 Å². The van der Waals surface area contributed by atoms with E-state index in [-0.39, 0.29) is 17.6 Å². The summed E-state index contributed by atoms with van der Waals surface area (Å²) >= 11 is 1.64. The van der Waals surface area contributed by atoms with Crippen molar-refractivity contribution in [1.82, 2.24) is 19.9 Å². The molecular weight excluding hydrogens is 362 g/mol. The molecule has 0 radical (unpaired) electrons. The zero-order valence-electron chi connectivity index (χ0n) is 14.9. The standard InChI is InChI=1S/C19H19N5O2S/c1-11(24(2)10-17-21-14-5-3-4-6-16(14)27-17)18(25)20-12-7-8-13-15(9-12)23-19(26)22-13/h3-9,11H,10H2,1-2H3,(H,20,25)(H2,22,23,26). The van der Waals surface area contributed by atoms with Crippen LogP contribution in [0.15, 0.2) is 47.3 Å². The minimum Gasteiger partial charge on any atom is -0.325 e. The molecule has 0 saturated carbocycles. The molecule has 2 aromatic heterocycles. The van der Waals surface area contributed by atoms with Gasteiger partial charge in [0.15, 0.2) is 0 Å². The van der Waals surface area contributed by atoms with Crippen LogP contribution in [0, 0.1) is 0 Å². The third-order valence-electron chi connectivity index (χ3n) is 4.55. The summed E-state index contributed by atoms with van der Waals surface area (Å²) in [6, 6.07) is 13.0. The molecule has 0 aliphatic carbocycles. The Labute approximate surface area is 159 Å². The smallest absolute Gasteiger partial charge is 0.323 e. The molecule has 1 atom stereocenters. The molecule has 7 nitrogen and oxygen atoms in total. The fourth-order valence-electron chi connectivity index (χ4n) is 2.90. The molecule has 0 aliphatic heterocycles. The molecule has 138 valence electrons. The highest BCUT2D eigenvalue weighted by molar-refractivity contribution is 7.18. The highest BCUT2D eigenvalue weighted by Gasteiger charge is 2.19. The number of fused-ring (bicyclic) bond motifs is 2. The Kier molecular flexibility index (Phi) is 4.51. The number of nitrogens with zero attached hydrogens (tertiary/aromatic N) is 2. The van der Waals surface area contributed by atoms with Gasteiger partial charge in [-0.05, 0) is 44.3 Å². The van der Waals surface area contributed by atoms with Gasteiger partial charge in [0, 0.05) is 5.69 Å². The second-order valence-corrected chi connectivity index (χ2v) is 7.61. The SMILES string of the molecule is CC(C(=O)Nc1ccc2[nH]c(=O)[nH]c2c1)N(C)Cc1nc2ccccc2s1. The lowest BCUT2D eigenvalue weighted by Gasteiger charge is -2.22. The van der Waals surface area contributed by atoms with Gasteiger partial charge in [0.05, 0.1) is 33.8 Å². The van der Waals surface area contributed by atoms with Gasteiger partial charge in [-0.15, -0.1) is 11.3 Å². The molecule has 0 aliphatic rings. The normalized spacial score (nSPS) is 12.7. The van der Waals surface area contributed by atoms with E-state index in [4.69, 9.17) is 0 Å². The Balaban J connectivity index is 1.44. The zero-order chi connectivity index (χ0) is 19.0. The van der Waals surface area contributed by atoms with Gasteiger partial charge in [-0.1, -0.05) is 12.1 Å². The summed E-state index contributed by atoms with van der Waals surface area (Å²) in [6.45, 7) is 2.46. The summed E-state index contributed by atoms with van der Waals surface area (Å²) in [5, 5.41) is 3.88. The molecule has 8 heteroatoms. The predicted octanol–water partition coefficient (Wildman–Crippen LogP) is 2.92. The summed E-state index contributed by atoms with van der Waals surface area (Å²) in [4.78, 5) is 35.9. The van der Waals surface area contributed by atoms with Crippen molar-refractivity contribution >= 4 is 44.2 Å². The number of nitrogens with one attached hydrogen (secondary N) is 3. The second kappa shape index (κ2) is 6.98. The predicted molar refractivity (Wildman–Crippen MR) is 108 cm³/mol. The number of amides is 1. The van der Waals surface area contributed by atoms with Crippen molar-refractivity contribution < 1.29 is 4.79 Å². The molecule has 2 heterocycles. The first-order chi connectivity index (χ1) is 13.0. The van der Waals surface area contributed by atoms with Crippen molar-refractivity contribution in [2.45, 2.75) is 19.5 Å². The van der Waals surface area contributed by atoms with Crippen LogP contribution in [0.2, 0.25) is 0 Å². The van der Waals surface area contributed by atoms with E-state index < -0.39 is 0 Å². The number of aromatic nitrogens is 3. The average molecular weight is 381 g/mol. The van der Waals surface area contributed by atoms with Crippen molar-refractivity contribution in [1.29, 1.82) is 0 Å². The van der Waals surface area contributed by atoms with Crippen LogP contribution in [0.3, 0.4) is 0 Å². The summed E-state index contributed by atoms with van der Waals surface area (Å²) in [5.41, 5.74) is 2.73. The lowest BCUT2D eigenvalue weighted by Crippen LogP contribution is -2.39. The first-order valence-electron chi connectivity index (χ1n) is 8.57. The molecule has 4 rings (SSSR count). The van der Waals surface area contributed by atoms with Crippen LogP contribution in [0.4, 0.5) is 5.69 Å². The van der Waals surface area contributed by atoms with Crippen LogP contribution in [-0.4, -0.2) is 38.8 Å². The van der Waals surface area contributed by atoms with Gasteiger partial charge in [0.25, 0.3) is 0 Å². The number of imidazole rings is 1. The van der Waals surface area contributed by atoms with Gasteiger partial charge in [0.1, 0.15) is 5.01 Å². The van der Waals surface area contributed by atoms with Gasteiger partial charge in [-0.2, -0.15) is 0 Å². The summed E-state index contributed by atoms with van der Waals surface area (Å²) in [7, 11) is 1.91. The molecule has 1 amide bonds.